The van der Waals surface area contributed by atoms with Crippen LogP contribution in [0.25, 0.3) is 0 Å². The SMILES string of the molecule is CC/C=C/C/C=C/C/C=C/CCCCCCCCCCCCC(=O)OC(CO)COC(=O)CC/C=C/C/C=C/CCCCCCCC. The van der Waals surface area contributed by atoms with E-state index in [4.69, 9.17) is 9.47 Å². The molecule has 1 N–H and O–H groups in total. The van der Waals surface area contributed by atoms with Crippen molar-refractivity contribution in [3.05, 3.63) is 60.8 Å². The van der Waals surface area contributed by atoms with Gasteiger partial charge >= 0.3 is 11.9 Å². The maximum atomic E-state index is 12.2. The van der Waals surface area contributed by atoms with Crippen molar-refractivity contribution >= 4 is 11.9 Å². The monoisotopic (exact) mass is 657 g/mol. The molecule has 0 spiro atoms. The highest BCUT2D eigenvalue weighted by atomic mass is 16.6. The molecule has 0 aliphatic carbocycles. The second-order valence-electron chi connectivity index (χ2n) is 12.6. The van der Waals surface area contributed by atoms with Crippen LogP contribution < -0.4 is 0 Å². The van der Waals surface area contributed by atoms with Crippen LogP contribution in [0.2, 0.25) is 0 Å². The van der Waals surface area contributed by atoms with Gasteiger partial charge in [-0.05, 0) is 64.2 Å². The molecule has 47 heavy (non-hydrogen) atoms. The summed E-state index contributed by atoms with van der Waals surface area (Å²) in [7, 11) is 0. The fourth-order valence-corrected chi connectivity index (χ4v) is 5.15. The van der Waals surface area contributed by atoms with Gasteiger partial charge in [-0.25, -0.2) is 0 Å². The number of unbranched alkanes of at least 4 members (excludes halogenated alkanes) is 16. The average molecular weight is 657 g/mol. The Hall–Kier alpha value is -2.40. The van der Waals surface area contributed by atoms with E-state index in [-0.39, 0.29) is 31.6 Å². The highest BCUT2D eigenvalue weighted by Crippen LogP contribution is 2.13. The molecule has 5 heteroatoms. The lowest BCUT2D eigenvalue weighted by Gasteiger charge is -2.15. The van der Waals surface area contributed by atoms with Gasteiger partial charge in [0.15, 0.2) is 6.10 Å². The summed E-state index contributed by atoms with van der Waals surface area (Å²) < 4.78 is 10.5. The molecule has 0 heterocycles. The molecule has 5 nitrogen and oxygen atoms in total. The molecule has 0 fully saturated rings. The highest BCUT2D eigenvalue weighted by molar-refractivity contribution is 5.70. The third-order valence-corrected chi connectivity index (χ3v) is 8.06. The number of hydrogen-bond donors (Lipinski definition) is 1. The second-order valence-corrected chi connectivity index (χ2v) is 12.6. The number of carbonyl (C=O) groups is 2. The summed E-state index contributed by atoms with van der Waals surface area (Å²) in [5.41, 5.74) is 0. The van der Waals surface area contributed by atoms with Crippen LogP contribution in [0, 0.1) is 0 Å². The van der Waals surface area contributed by atoms with Gasteiger partial charge in [0, 0.05) is 12.8 Å². The number of hydrogen-bond acceptors (Lipinski definition) is 5. The second kappa shape index (κ2) is 38.1. The molecule has 0 aromatic rings. The summed E-state index contributed by atoms with van der Waals surface area (Å²) in [5.74, 6) is -0.677. The molecular weight excluding hydrogens is 584 g/mol. The van der Waals surface area contributed by atoms with Crippen molar-refractivity contribution in [2.45, 2.75) is 180 Å². The molecule has 1 unspecified atom stereocenters. The molecule has 0 rings (SSSR count). The van der Waals surface area contributed by atoms with E-state index in [9.17, 15) is 14.7 Å². The lowest BCUT2D eigenvalue weighted by Crippen LogP contribution is -2.28. The first-order chi connectivity index (χ1) is 23.1. The van der Waals surface area contributed by atoms with Crippen LogP contribution in [0.4, 0.5) is 0 Å². The number of allylic oxidation sites excluding steroid dienone is 10. The molecule has 0 aliphatic rings. The van der Waals surface area contributed by atoms with Gasteiger partial charge in [-0.3, -0.25) is 9.59 Å². The van der Waals surface area contributed by atoms with E-state index >= 15 is 0 Å². The van der Waals surface area contributed by atoms with Crippen LogP contribution in [0.1, 0.15) is 174 Å². The van der Waals surface area contributed by atoms with E-state index < -0.39 is 6.10 Å². The molecule has 0 aromatic heterocycles. The summed E-state index contributed by atoms with van der Waals surface area (Å²) in [5, 5.41) is 9.53. The Morgan fingerprint density at radius 1 is 0.511 bits per heavy atom. The summed E-state index contributed by atoms with van der Waals surface area (Å²) in [6.45, 7) is 3.95. The quantitative estimate of drug-likeness (QED) is 0.0424. The van der Waals surface area contributed by atoms with Crippen molar-refractivity contribution in [2.75, 3.05) is 13.2 Å². The van der Waals surface area contributed by atoms with Crippen LogP contribution in [0.3, 0.4) is 0 Å². The van der Waals surface area contributed by atoms with Gasteiger partial charge in [-0.15, -0.1) is 0 Å². The summed E-state index contributed by atoms with van der Waals surface area (Å²) in [4.78, 5) is 24.2. The molecule has 0 saturated heterocycles. The molecule has 0 saturated carbocycles. The maximum absolute atomic E-state index is 12.2. The van der Waals surface area contributed by atoms with Crippen LogP contribution in [-0.2, 0) is 19.1 Å². The third kappa shape index (κ3) is 36.3. The molecule has 1 atom stereocenters. The van der Waals surface area contributed by atoms with Crippen molar-refractivity contribution in [1.82, 2.24) is 0 Å². The normalized spacial score (nSPS) is 12.8. The summed E-state index contributed by atoms with van der Waals surface area (Å²) in [6, 6.07) is 0. The number of rotatable bonds is 34. The summed E-state index contributed by atoms with van der Waals surface area (Å²) in [6.07, 6.45) is 48.6. The zero-order valence-electron chi connectivity index (χ0n) is 30.5. The van der Waals surface area contributed by atoms with E-state index in [0.717, 1.165) is 51.4 Å². The topological polar surface area (TPSA) is 72.8 Å². The minimum atomic E-state index is -0.796. The standard InChI is InChI=1S/C42H72O5/c1-3-5-7-9-11-13-15-17-18-19-20-21-22-23-25-27-29-31-33-35-37-42(45)47-40(38-43)39-46-41(44)36-34-32-30-28-26-24-16-14-12-10-8-6-4-2/h5,7,11,13,17-18,24,26,30,32,40,43H,3-4,6,8-10,12,14-16,19-23,25,27-29,31,33-39H2,1-2H3/b7-5+,13-11+,18-17+,26-24+,32-30+. The Bertz CT molecular complexity index is 838. The maximum Gasteiger partial charge on any atom is 0.306 e. The van der Waals surface area contributed by atoms with E-state index in [2.05, 4.69) is 68.5 Å². The lowest BCUT2D eigenvalue weighted by molar-refractivity contribution is -0.161. The number of ether oxygens (including phenoxy) is 2. The molecule has 0 bridgehead atoms. The zero-order valence-corrected chi connectivity index (χ0v) is 30.5. The van der Waals surface area contributed by atoms with Crippen LogP contribution in [0.15, 0.2) is 60.8 Å². The average Bonchev–Trinajstić information content (AvgIpc) is 3.07. The fraction of sp³-hybridized carbons (Fsp3) is 0.714. The third-order valence-electron chi connectivity index (χ3n) is 8.06. The molecule has 0 amide bonds. The molecule has 0 radical (unpaired) electrons. The highest BCUT2D eigenvalue weighted by Gasteiger charge is 2.15. The van der Waals surface area contributed by atoms with Crippen molar-refractivity contribution in [3.8, 4) is 0 Å². The van der Waals surface area contributed by atoms with Gasteiger partial charge in [0.1, 0.15) is 6.61 Å². The first kappa shape index (κ1) is 44.6. The Morgan fingerprint density at radius 3 is 1.47 bits per heavy atom. The largest absolute Gasteiger partial charge is 0.462 e. The Kier molecular flexibility index (Phi) is 36.1. The van der Waals surface area contributed by atoms with Crippen LogP contribution in [-0.4, -0.2) is 36.4 Å². The molecular formula is C42H72O5. The number of esters is 2. The first-order valence-corrected chi connectivity index (χ1v) is 19.3. The van der Waals surface area contributed by atoms with Crippen molar-refractivity contribution in [1.29, 1.82) is 0 Å². The van der Waals surface area contributed by atoms with Gasteiger partial charge in [0.2, 0.25) is 0 Å². The first-order valence-electron chi connectivity index (χ1n) is 19.3. The molecule has 0 aromatic carbocycles. The zero-order chi connectivity index (χ0) is 34.3. The van der Waals surface area contributed by atoms with Crippen molar-refractivity contribution in [2.24, 2.45) is 0 Å². The van der Waals surface area contributed by atoms with Gasteiger partial charge < -0.3 is 14.6 Å². The van der Waals surface area contributed by atoms with Gasteiger partial charge in [-0.1, -0.05) is 158 Å². The smallest absolute Gasteiger partial charge is 0.306 e. The van der Waals surface area contributed by atoms with E-state index in [1.165, 1.54) is 89.9 Å². The van der Waals surface area contributed by atoms with Crippen molar-refractivity contribution < 1.29 is 24.2 Å². The predicted molar refractivity (Wildman–Crippen MR) is 200 cm³/mol. The van der Waals surface area contributed by atoms with E-state index in [1.807, 2.05) is 6.08 Å². The Balaban J connectivity index is 3.62. The molecule has 270 valence electrons. The number of carbonyl (C=O) groups excluding carboxylic acids is 2. The minimum Gasteiger partial charge on any atom is -0.462 e. The summed E-state index contributed by atoms with van der Waals surface area (Å²) >= 11 is 0. The van der Waals surface area contributed by atoms with Gasteiger partial charge in [0.25, 0.3) is 0 Å². The van der Waals surface area contributed by atoms with E-state index in [0.29, 0.717) is 12.8 Å². The molecule has 0 aliphatic heterocycles. The Labute approximate surface area is 290 Å². The van der Waals surface area contributed by atoms with E-state index in [1.54, 1.807) is 0 Å². The van der Waals surface area contributed by atoms with Crippen LogP contribution >= 0.6 is 0 Å². The Morgan fingerprint density at radius 2 is 0.957 bits per heavy atom. The predicted octanol–water partition coefficient (Wildman–Crippen LogP) is 12.0. The number of aliphatic hydroxyl groups is 1. The lowest BCUT2D eigenvalue weighted by atomic mass is 10.0. The van der Waals surface area contributed by atoms with Gasteiger partial charge in [0.05, 0.1) is 6.61 Å². The number of aliphatic hydroxyl groups excluding tert-OH is 1. The van der Waals surface area contributed by atoms with Crippen LogP contribution in [0.5, 0.6) is 0 Å². The fourth-order valence-electron chi connectivity index (χ4n) is 5.15. The minimum absolute atomic E-state index is 0.0995. The van der Waals surface area contributed by atoms with Gasteiger partial charge in [-0.2, -0.15) is 0 Å². The van der Waals surface area contributed by atoms with Crippen molar-refractivity contribution in [3.63, 3.8) is 0 Å².